The van der Waals surface area contributed by atoms with Crippen molar-refractivity contribution in [2.75, 3.05) is 4.72 Å². The van der Waals surface area contributed by atoms with Gasteiger partial charge in [0.25, 0.3) is 15.9 Å². The number of amides is 1. The highest BCUT2D eigenvalue weighted by molar-refractivity contribution is 9.10. The van der Waals surface area contributed by atoms with E-state index in [-0.39, 0.29) is 16.5 Å². The van der Waals surface area contributed by atoms with Gasteiger partial charge in [0.15, 0.2) is 0 Å². The molecule has 0 aromatic heterocycles. The summed E-state index contributed by atoms with van der Waals surface area (Å²) in [5.41, 5.74) is 2.93. The van der Waals surface area contributed by atoms with E-state index in [1.807, 2.05) is 19.9 Å². The topological polar surface area (TPSA) is 99.1 Å². The molecule has 0 spiro atoms. The van der Waals surface area contributed by atoms with Crippen LogP contribution in [0.4, 0.5) is 5.69 Å². The summed E-state index contributed by atoms with van der Waals surface area (Å²) < 4.78 is 28.9. The van der Waals surface area contributed by atoms with E-state index < -0.39 is 15.9 Å². The van der Waals surface area contributed by atoms with E-state index in [9.17, 15) is 13.2 Å². The minimum atomic E-state index is -3.89. The highest BCUT2D eigenvalue weighted by Crippen LogP contribution is 2.26. The first-order chi connectivity index (χ1) is 14.7. The Kier molecular flexibility index (Phi) is 6.78. The molecule has 1 amide bonds. The highest BCUT2D eigenvalue weighted by atomic mass is 79.9. The number of nitrogens with zero attached hydrogens (tertiary/aromatic N) is 1. The maximum Gasteiger partial charge on any atom is 0.261 e. The predicted octanol–water partition coefficient (Wildman–Crippen LogP) is 4.92. The molecule has 0 fully saturated rings. The number of hydrogen-bond acceptors (Lipinski definition) is 4. The number of rotatable bonds is 6. The quantitative estimate of drug-likeness (QED) is 0.504. The molecular weight excluding hydrogens is 478 g/mol. The Morgan fingerprint density at radius 3 is 2.45 bits per heavy atom. The van der Waals surface area contributed by atoms with E-state index >= 15 is 0 Å². The van der Waals surface area contributed by atoms with Gasteiger partial charge in [0.1, 0.15) is 0 Å². The highest BCUT2D eigenvalue weighted by Gasteiger charge is 2.19. The molecule has 0 saturated carbocycles. The van der Waals surface area contributed by atoms with Crippen LogP contribution in [0.2, 0.25) is 0 Å². The lowest BCUT2D eigenvalue weighted by Crippen LogP contribution is -2.27. The smallest absolute Gasteiger partial charge is 0.261 e. The molecule has 2 N–H and O–H groups in total. The summed E-state index contributed by atoms with van der Waals surface area (Å²) in [6.07, 6.45) is 0. The van der Waals surface area contributed by atoms with Gasteiger partial charge in [0, 0.05) is 10.0 Å². The maximum absolute atomic E-state index is 12.9. The minimum Gasteiger partial charge on any atom is -0.346 e. The number of nitriles is 1. The molecule has 8 heteroatoms. The molecule has 3 rings (SSSR count). The number of carbonyl (C=O) groups is 1. The summed E-state index contributed by atoms with van der Waals surface area (Å²) in [5.74, 6) is -0.398. The minimum absolute atomic E-state index is 0.0143. The number of hydrogen-bond donors (Lipinski definition) is 2. The van der Waals surface area contributed by atoms with Crippen LogP contribution in [0.5, 0.6) is 0 Å². The van der Waals surface area contributed by atoms with Gasteiger partial charge < -0.3 is 5.32 Å². The molecule has 0 bridgehead atoms. The Hall–Kier alpha value is -3.15. The molecular formula is C23H20BrN3O3S. The Bertz CT molecular complexity index is 1270. The number of benzene rings is 3. The molecule has 0 aliphatic carbocycles. The van der Waals surface area contributed by atoms with Gasteiger partial charge in [-0.3, -0.25) is 9.52 Å². The summed E-state index contributed by atoms with van der Waals surface area (Å²) in [5, 5.41) is 11.7. The standard InChI is InChI=1S/C23H20BrN3O3S/c1-15-6-11-21(24)22(12-15)27-31(29,30)20-5-3-4-19(13-20)23(28)26-16(2)18-9-7-17(14-25)8-10-18/h3-13,16,27H,1-2H3,(H,26,28). The monoisotopic (exact) mass is 497 g/mol. The predicted molar refractivity (Wildman–Crippen MR) is 123 cm³/mol. The first-order valence-electron chi connectivity index (χ1n) is 9.39. The van der Waals surface area contributed by atoms with Gasteiger partial charge in [0.2, 0.25) is 0 Å². The van der Waals surface area contributed by atoms with Crippen molar-refractivity contribution in [2.24, 2.45) is 0 Å². The fourth-order valence-electron chi connectivity index (χ4n) is 2.94. The van der Waals surface area contributed by atoms with Crippen LogP contribution in [0.15, 0.2) is 76.1 Å². The second kappa shape index (κ2) is 9.33. The summed E-state index contributed by atoms with van der Waals surface area (Å²) in [6, 6.07) is 19.9. The molecule has 1 unspecified atom stereocenters. The summed E-state index contributed by atoms with van der Waals surface area (Å²) in [7, 11) is -3.89. The molecule has 158 valence electrons. The van der Waals surface area contributed by atoms with E-state index in [1.54, 1.807) is 42.5 Å². The van der Waals surface area contributed by atoms with Crippen LogP contribution < -0.4 is 10.0 Å². The molecule has 31 heavy (non-hydrogen) atoms. The van der Waals surface area contributed by atoms with E-state index in [4.69, 9.17) is 5.26 Å². The number of halogens is 1. The van der Waals surface area contributed by atoms with Crippen molar-refractivity contribution >= 4 is 37.5 Å². The SMILES string of the molecule is Cc1ccc(Br)c(NS(=O)(=O)c2cccc(C(=O)NC(C)c3ccc(C#N)cc3)c2)c1. The van der Waals surface area contributed by atoms with Gasteiger partial charge in [-0.25, -0.2) is 8.42 Å². The number of sulfonamides is 1. The largest absolute Gasteiger partial charge is 0.346 e. The summed E-state index contributed by atoms with van der Waals surface area (Å²) in [6.45, 7) is 3.68. The van der Waals surface area contributed by atoms with Crippen LogP contribution in [0.1, 0.15) is 40.0 Å². The van der Waals surface area contributed by atoms with Crippen LogP contribution in [-0.2, 0) is 10.0 Å². The lowest BCUT2D eigenvalue weighted by atomic mass is 10.1. The zero-order valence-electron chi connectivity index (χ0n) is 16.9. The Morgan fingerprint density at radius 2 is 1.77 bits per heavy atom. The zero-order chi connectivity index (χ0) is 22.6. The van der Waals surface area contributed by atoms with Crippen LogP contribution in [-0.4, -0.2) is 14.3 Å². The molecule has 0 aliphatic heterocycles. The molecule has 3 aromatic rings. The van der Waals surface area contributed by atoms with Crippen LogP contribution >= 0.6 is 15.9 Å². The van der Waals surface area contributed by atoms with Gasteiger partial charge in [-0.05, 0) is 83.4 Å². The van der Waals surface area contributed by atoms with E-state index in [0.717, 1.165) is 11.1 Å². The third-order valence-corrected chi connectivity index (χ3v) is 6.71. The second-order valence-electron chi connectivity index (χ2n) is 7.05. The van der Waals surface area contributed by atoms with Gasteiger partial charge in [-0.2, -0.15) is 5.26 Å². The van der Waals surface area contributed by atoms with Gasteiger partial charge >= 0.3 is 0 Å². The van der Waals surface area contributed by atoms with Crippen molar-refractivity contribution in [3.05, 3.63) is 93.5 Å². The van der Waals surface area contributed by atoms with Crippen molar-refractivity contribution < 1.29 is 13.2 Å². The zero-order valence-corrected chi connectivity index (χ0v) is 19.3. The van der Waals surface area contributed by atoms with Crippen LogP contribution in [0.25, 0.3) is 0 Å². The summed E-state index contributed by atoms with van der Waals surface area (Å²) >= 11 is 3.34. The molecule has 1 atom stereocenters. The van der Waals surface area contributed by atoms with Gasteiger partial charge in [-0.1, -0.05) is 24.3 Å². The number of nitrogens with one attached hydrogen (secondary N) is 2. The molecule has 0 aliphatic rings. The summed E-state index contributed by atoms with van der Waals surface area (Å²) in [4.78, 5) is 12.7. The average molecular weight is 498 g/mol. The lowest BCUT2D eigenvalue weighted by molar-refractivity contribution is 0.0939. The fraction of sp³-hybridized carbons (Fsp3) is 0.130. The Morgan fingerprint density at radius 1 is 1.06 bits per heavy atom. The average Bonchev–Trinajstić information content (AvgIpc) is 2.76. The Labute approximate surface area is 190 Å². The lowest BCUT2D eigenvalue weighted by Gasteiger charge is -2.15. The third kappa shape index (κ3) is 5.51. The first kappa shape index (κ1) is 22.5. The number of aryl methyl sites for hydroxylation is 1. The van der Waals surface area contributed by atoms with Crippen LogP contribution in [0, 0.1) is 18.3 Å². The second-order valence-corrected chi connectivity index (χ2v) is 9.58. The van der Waals surface area contributed by atoms with E-state index in [2.05, 4.69) is 32.0 Å². The molecule has 0 radical (unpaired) electrons. The van der Waals surface area contributed by atoms with Crippen molar-refractivity contribution in [2.45, 2.75) is 24.8 Å². The van der Waals surface area contributed by atoms with E-state index in [1.165, 1.54) is 18.2 Å². The Balaban J connectivity index is 1.79. The molecule has 0 heterocycles. The van der Waals surface area contributed by atoms with Crippen molar-refractivity contribution in [3.8, 4) is 6.07 Å². The maximum atomic E-state index is 12.9. The molecule has 6 nitrogen and oxygen atoms in total. The van der Waals surface area contributed by atoms with Crippen molar-refractivity contribution in [1.82, 2.24) is 5.32 Å². The normalized spacial score (nSPS) is 11.9. The van der Waals surface area contributed by atoms with Crippen molar-refractivity contribution in [1.29, 1.82) is 5.26 Å². The molecule has 3 aromatic carbocycles. The number of anilines is 1. The van der Waals surface area contributed by atoms with Crippen molar-refractivity contribution in [3.63, 3.8) is 0 Å². The van der Waals surface area contributed by atoms with Gasteiger partial charge in [-0.15, -0.1) is 0 Å². The number of carbonyl (C=O) groups excluding carboxylic acids is 1. The van der Waals surface area contributed by atoms with Gasteiger partial charge in [0.05, 0.1) is 28.3 Å². The van der Waals surface area contributed by atoms with Crippen LogP contribution in [0.3, 0.4) is 0 Å². The third-order valence-electron chi connectivity index (χ3n) is 4.66. The fourth-order valence-corrected chi connectivity index (χ4v) is 4.53. The van der Waals surface area contributed by atoms with E-state index in [0.29, 0.717) is 15.7 Å². The first-order valence-corrected chi connectivity index (χ1v) is 11.7. The molecule has 0 saturated heterocycles.